The number of aromatic nitrogens is 3. The molecule has 4 aromatic rings. The molecule has 0 amide bonds. The molecule has 4 rings (SSSR count). The van der Waals surface area contributed by atoms with Crippen LogP contribution in [0.4, 0.5) is 0 Å². The summed E-state index contributed by atoms with van der Waals surface area (Å²) in [4.78, 5) is 12.0. The van der Waals surface area contributed by atoms with Crippen molar-refractivity contribution in [3.8, 4) is 11.4 Å². The number of methoxy groups -OCH3 is 1. The number of fused-ring (bicyclic) bond motifs is 1. The molecule has 0 saturated heterocycles. The molecule has 6 nitrogen and oxygen atoms in total. The van der Waals surface area contributed by atoms with E-state index in [9.17, 15) is 4.79 Å². The quantitative estimate of drug-likeness (QED) is 0.372. The van der Waals surface area contributed by atoms with Gasteiger partial charge in [-0.05, 0) is 43.2 Å². The summed E-state index contributed by atoms with van der Waals surface area (Å²) in [6.45, 7) is 4.14. The van der Waals surface area contributed by atoms with Gasteiger partial charge in [-0.15, -0.1) is 10.2 Å². The maximum absolute atomic E-state index is 12.0. The Morgan fingerprint density at radius 1 is 1.14 bits per heavy atom. The van der Waals surface area contributed by atoms with E-state index in [0.29, 0.717) is 17.1 Å². The minimum atomic E-state index is -0.382. The summed E-state index contributed by atoms with van der Waals surface area (Å²) in [6, 6.07) is 13.3. The topological polar surface area (TPSA) is 70.2 Å². The number of aryl methyl sites for hydroxylation is 2. The molecule has 2 aromatic heterocycles. The van der Waals surface area contributed by atoms with E-state index in [1.54, 1.807) is 19.5 Å². The lowest BCUT2D eigenvalue weighted by atomic mass is 10.1. The molecule has 0 saturated carbocycles. The van der Waals surface area contributed by atoms with Crippen molar-refractivity contribution in [3.05, 3.63) is 75.9 Å². The molecular formula is C21H19N3O3S. The Morgan fingerprint density at radius 2 is 2.00 bits per heavy atom. The monoisotopic (exact) mass is 393 g/mol. The molecule has 0 fully saturated rings. The molecule has 0 radical (unpaired) electrons. The second kappa shape index (κ2) is 7.52. The summed E-state index contributed by atoms with van der Waals surface area (Å²) < 4.78 is 12.5. The van der Waals surface area contributed by atoms with E-state index in [4.69, 9.17) is 9.15 Å². The van der Waals surface area contributed by atoms with E-state index >= 15 is 0 Å². The van der Waals surface area contributed by atoms with Crippen LogP contribution < -0.4 is 10.4 Å². The van der Waals surface area contributed by atoms with Crippen molar-refractivity contribution >= 4 is 22.7 Å². The van der Waals surface area contributed by atoms with Crippen LogP contribution in [0.5, 0.6) is 5.75 Å². The van der Waals surface area contributed by atoms with Crippen LogP contribution in [0.2, 0.25) is 0 Å². The zero-order valence-electron chi connectivity index (χ0n) is 15.8. The second-order valence-electron chi connectivity index (χ2n) is 6.51. The highest BCUT2D eigenvalue weighted by atomic mass is 32.2. The van der Waals surface area contributed by atoms with E-state index in [1.807, 2.05) is 16.7 Å². The Labute approximate surface area is 166 Å². The lowest BCUT2D eigenvalue weighted by Crippen LogP contribution is -2.01. The van der Waals surface area contributed by atoms with Gasteiger partial charge in [-0.2, -0.15) is 0 Å². The van der Waals surface area contributed by atoms with Gasteiger partial charge in [0.1, 0.15) is 17.7 Å². The molecule has 0 aliphatic heterocycles. The first-order valence-corrected chi connectivity index (χ1v) is 9.75. The molecule has 7 heteroatoms. The van der Waals surface area contributed by atoms with Crippen LogP contribution in [0.15, 0.2) is 63.2 Å². The van der Waals surface area contributed by atoms with Gasteiger partial charge in [-0.3, -0.25) is 4.57 Å². The molecule has 0 aliphatic carbocycles. The second-order valence-corrected chi connectivity index (χ2v) is 7.46. The van der Waals surface area contributed by atoms with E-state index < -0.39 is 0 Å². The number of ether oxygens (including phenoxy) is 1. The van der Waals surface area contributed by atoms with Gasteiger partial charge in [0.15, 0.2) is 5.16 Å². The third-order valence-electron chi connectivity index (χ3n) is 4.52. The van der Waals surface area contributed by atoms with Crippen molar-refractivity contribution in [2.75, 3.05) is 7.11 Å². The summed E-state index contributed by atoms with van der Waals surface area (Å²) in [5.41, 5.74) is 4.42. The van der Waals surface area contributed by atoms with E-state index in [2.05, 4.69) is 42.2 Å². The predicted molar refractivity (Wildman–Crippen MR) is 109 cm³/mol. The zero-order chi connectivity index (χ0) is 19.7. The largest absolute Gasteiger partial charge is 0.497 e. The van der Waals surface area contributed by atoms with Crippen molar-refractivity contribution < 1.29 is 9.15 Å². The number of thioether (sulfide) groups is 1. The van der Waals surface area contributed by atoms with Gasteiger partial charge in [0, 0.05) is 23.3 Å². The van der Waals surface area contributed by atoms with Crippen molar-refractivity contribution in [3.63, 3.8) is 0 Å². The Kier molecular flexibility index (Phi) is 4.92. The van der Waals surface area contributed by atoms with Gasteiger partial charge < -0.3 is 9.15 Å². The van der Waals surface area contributed by atoms with Gasteiger partial charge in [0.2, 0.25) is 0 Å². The zero-order valence-corrected chi connectivity index (χ0v) is 16.6. The third-order valence-corrected chi connectivity index (χ3v) is 5.51. The molecular weight excluding hydrogens is 374 g/mol. The van der Waals surface area contributed by atoms with E-state index in [0.717, 1.165) is 27.4 Å². The Bertz CT molecular complexity index is 1210. The Morgan fingerprint density at radius 3 is 2.79 bits per heavy atom. The van der Waals surface area contributed by atoms with Gasteiger partial charge in [-0.1, -0.05) is 29.5 Å². The average Bonchev–Trinajstić information content (AvgIpc) is 3.13. The van der Waals surface area contributed by atoms with Crippen molar-refractivity contribution in [2.45, 2.75) is 24.8 Å². The molecule has 0 aliphatic rings. The highest BCUT2D eigenvalue weighted by Crippen LogP contribution is 2.29. The van der Waals surface area contributed by atoms with Crippen LogP contribution in [0.3, 0.4) is 0 Å². The number of benzene rings is 2. The van der Waals surface area contributed by atoms with Crippen LogP contribution in [-0.2, 0) is 5.75 Å². The summed E-state index contributed by atoms with van der Waals surface area (Å²) in [6.07, 6.45) is 1.71. The smallest absolute Gasteiger partial charge is 0.336 e. The lowest BCUT2D eigenvalue weighted by Gasteiger charge is -2.11. The molecule has 28 heavy (non-hydrogen) atoms. The van der Waals surface area contributed by atoms with Gasteiger partial charge in [0.05, 0.1) is 12.8 Å². The summed E-state index contributed by atoms with van der Waals surface area (Å²) in [5, 5.41) is 9.97. The first-order valence-electron chi connectivity index (χ1n) is 8.76. The van der Waals surface area contributed by atoms with Crippen LogP contribution >= 0.6 is 11.8 Å². The minimum Gasteiger partial charge on any atom is -0.497 e. The standard InChI is InChI=1S/C21H19N3O3S/c1-13-4-7-18(14(2)8-13)24-12-22-23-21(24)28-11-15-9-20(25)27-19-10-16(26-3)5-6-17(15)19/h4-10,12H,11H2,1-3H3. The van der Waals surface area contributed by atoms with E-state index in [1.165, 1.54) is 23.4 Å². The Hall–Kier alpha value is -3.06. The maximum Gasteiger partial charge on any atom is 0.336 e. The van der Waals surface area contributed by atoms with Gasteiger partial charge >= 0.3 is 5.63 Å². The fraction of sp³-hybridized carbons (Fsp3) is 0.190. The Balaban J connectivity index is 1.66. The summed E-state index contributed by atoms with van der Waals surface area (Å²) in [5.74, 6) is 1.22. The molecule has 2 heterocycles. The fourth-order valence-corrected chi connectivity index (χ4v) is 4.08. The molecule has 142 valence electrons. The average molecular weight is 393 g/mol. The third kappa shape index (κ3) is 3.53. The number of hydrogen-bond acceptors (Lipinski definition) is 6. The molecule has 0 N–H and O–H groups in total. The van der Waals surface area contributed by atoms with E-state index in [-0.39, 0.29) is 5.63 Å². The van der Waals surface area contributed by atoms with Crippen LogP contribution in [-0.4, -0.2) is 21.9 Å². The first-order chi connectivity index (χ1) is 13.5. The number of rotatable bonds is 5. The highest BCUT2D eigenvalue weighted by Gasteiger charge is 2.12. The number of nitrogens with zero attached hydrogens (tertiary/aromatic N) is 3. The van der Waals surface area contributed by atoms with Crippen molar-refractivity contribution in [1.29, 1.82) is 0 Å². The van der Waals surface area contributed by atoms with Gasteiger partial charge in [0.25, 0.3) is 0 Å². The molecule has 0 bridgehead atoms. The van der Waals surface area contributed by atoms with Crippen molar-refractivity contribution in [1.82, 2.24) is 14.8 Å². The highest BCUT2D eigenvalue weighted by molar-refractivity contribution is 7.98. The normalized spacial score (nSPS) is 11.1. The van der Waals surface area contributed by atoms with Crippen molar-refractivity contribution in [2.24, 2.45) is 0 Å². The SMILES string of the molecule is COc1ccc2c(CSc3nncn3-c3ccc(C)cc3C)cc(=O)oc2c1. The predicted octanol–water partition coefficient (Wildman–Crippen LogP) is 4.29. The van der Waals surface area contributed by atoms with Crippen LogP contribution in [0.1, 0.15) is 16.7 Å². The van der Waals surface area contributed by atoms with Crippen LogP contribution in [0, 0.1) is 13.8 Å². The molecule has 0 unspecified atom stereocenters. The molecule has 0 spiro atoms. The summed E-state index contributed by atoms with van der Waals surface area (Å²) >= 11 is 1.53. The van der Waals surface area contributed by atoms with Gasteiger partial charge in [-0.25, -0.2) is 4.79 Å². The molecule has 2 aromatic carbocycles. The lowest BCUT2D eigenvalue weighted by molar-refractivity contribution is 0.414. The van der Waals surface area contributed by atoms with Crippen LogP contribution in [0.25, 0.3) is 16.7 Å². The fourth-order valence-electron chi connectivity index (χ4n) is 3.16. The number of hydrogen-bond donors (Lipinski definition) is 0. The molecule has 0 atom stereocenters. The minimum absolute atomic E-state index is 0.382. The first kappa shape index (κ1) is 18.3. The summed E-state index contributed by atoms with van der Waals surface area (Å²) in [7, 11) is 1.58. The maximum atomic E-state index is 12.0.